The Hall–Kier alpha value is -2.90. The maximum absolute atomic E-state index is 13.0. The molecule has 4 rings (SSSR count). The second-order valence-electron chi connectivity index (χ2n) is 12.2. The fourth-order valence-electron chi connectivity index (χ4n) is 4.62. The van der Waals surface area contributed by atoms with Gasteiger partial charge in [-0.2, -0.15) is 5.26 Å². The number of benzene rings is 1. The summed E-state index contributed by atoms with van der Waals surface area (Å²) in [6.07, 6.45) is 2.07. The first-order valence-electron chi connectivity index (χ1n) is 14.6. The molecule has 0 radical (unpaired) electrons. The Kier molecular flexibility index (Phi) is 11.5. The fourth-order valence-corrected chi connectivity index (χ4v) is 8.31. The predicted molar refractivity (Wildman–Crippen MR) is 183 cm³/mol. The predicted octanol–water partition coefficient (Wildman–Crippen LogP) is 7.73. The van der Waals surface area contributed by atoms with Gasteiger partial charge < -0.3 is 9.53 Å². The fraction of sp³-hybridized carbons (Fsp3) is 0.424. The van der Waals surface area contributed by atoms with Gasteiger partial charge in [-0.15, -0.1) is 22.7 Å². The molecule has 11 heteroatoms. The number of carbonyl (C=O) groups is 2. The number of carboxylic acids is 1. The van der Waals surface area contributed by atoms with Crippen molar-refractivity contribution >= 4 is 54.0 Å². The topological polar surface area (TPSA) is 93.9 Å². The normalized spacial score (nSPS) is 15.0. The van der Waals surface area contributed by atoms with Crippen molar-refractivity contribution in [3.63, 3.8) is 0 Å². The molecule has 0 spiro atoms. The van der Waals surface area contributed by atoms with Gasteiger partial charge in [-0.1, -0.05) is 56.5 Å². The molecule has 3 aromatic rings. The number of hydrogen-bond donors (Lipinski definition) is 1. The van der Waals surface area contributed by atoms with E-state index in [1.54, 1.807) is 6.07 Å². The number of carboxylic acid groups (broad SMARTS) is 1. The smallest absolute Gasteiger partial charge is 0.345 e. The summed E-state index contributed by atoms with van der Waals surface area (Å²) in [5, 5.41) is 24.5. The van der Waals surface area contributed by atoms with E-state index in [4.69, 9.17) is 4.43 Å². The Morgan fingerprint density at radius 2 is 1.95 bits per heavy atom. The van der Waals surface area contributed by atoms with Gasteiger partial charge in [0.1, 0.15) is 15.8 Å². The molecule has 1 atom stereocenters. The second-order valence-corrected chi connectivity index (χ2v) is 20.1. The maximum atomic E-state index is 13.0. The molecule has 2 aromatic heterocycles. The lowest BCUT2D eigenvalue weighted by molar-refractivity contribution is 0.0161. The highest BCUT2D eigenvalue weighted by Gasteiger charge is 2.39. The molecule has 232 valence electrons. The average Bonchev–Trinajstić information content (AvgIpc) is 3.63. The van der Waals surface area contributed by atoms with Crippen LogP contribution in [0.5, 0.6) is 0 Å². The lowest BCUT2D eigenvalue weighted by Gasteiger charge is -2.41. The van der Waals surface area contributed by atoms with Gasteiger partial charge in [0.15, 0.2) is 8.32 Å². The Morgan fingerprint density at radius 1 is 1.16 bits per heavy atom. The molecule has 1 saturated heterocycles. The second kappa shape index (κ2) is 14.9. The highest BCUT2D eigenvalue weighted by atomic mass is 32.2. The number of hydrogen-bond acceptors (Lipinski definition) is 8. The van der Waals surface area contributed by atoms with Crippen molar-refractivity contribution in [1.29, 1.82) is 5.26 Å². The lowest BCUT2D eigenvalue weighted by Crippen LogP contribution is -2.51. The number of thioether (sulfide) groups is 1. The van der Waals surface area contributed by atoms with Crippen molar-refractivity contribution < 1.29 is 19.1 Å². The van der Waals surface area contributed by atoms with Crippen LogP contribution in [0.4, 0.5) is 4.79 Å². The number of amides is 1. The van der Waals surface area contributed by atoms with Crippen molar-refractivity contribution in [3.05, 3.63) is 79.2 Å². The summed E-state index contributed by atoms with van der Waals surface area (Å²) < 4.78 is 6.98. The van der Waals surface area contributed by atoms with E-state index in [1.807, 2.05) is 34.7 Å². The first-order chi connectivity index (χ1) is 20.9. The molecule has 1 amide bonds. The third-order valence-corrected chi connectivity index (χ3v) is 15.4. The molecule has 1 aliphatic heterocycles. The standard InChI is InChI=1S/C33H39N3O4S3Si/c1-33(2,3)44(4,5)40-27(22-25-8-6-7-24(21-25)9-10-26-15-19-41-30(26)23-34)13-16-35-18-20-42-32(39)36(35)17-14-28-11-12-29(43-28)31(37)38/h6-8,11-12,15,19,21,27H,13-14,16-18,20,22H2,1-5H3,(H,37,38). The highest BCUT2D eigenvalue weighted by Crippen LogP contribution is 2.38. The highest BCUT2D eigenvalue weighted by molar-refractivity contribution is 8.13. The van der Waals surface area contributed by atoms with E-state index in [0.29, 0.717) is 29.3 Å². The number of nitrogens with zero attached hydrogens (tertiary/aromatic N) is 3. The molecular weight excluding hydrogens is 627 g/mol. The third-order valence-electron chi connectivity index (χ3n) is 8.04. The quantitative estimate of drug-likeness (QED) is 0.166. The SMILES string of the molecule is CC(C)(C)[Si](C)(C)OC(CCN1CCSC(=O)N1CCc1ccc(C(=O)O)s1)Cc1cccc(C#Cc2ccsc2C#N)c1. The van der Waals surface area contributed by atoms with Gasteiger partial charge in [0, 0.05) is 42.2 Å². The number of carbonyl (C=O) groups excluding carboxylic acids is 1. The molecule has 44 heavy (non-hydrogen) atoms. The van der Waals surface area contributed by atoms with Crippen molar-refractivity contribution in [1.82, 2.24) is 10.0 Å². The molecule has 0 saturated carbocycles. The van der Waals surface area contributed by atoms with Gasteiger partial charge in [-0.05, 0) is 72.2 Å². The van der Waals surface area contributed by atoms with Gasteiger partial charge in [-0.25, -0.2) is 9.80 Å². The maximum Gasteiger partial charge on any atom is 0.345 e. The molecule has 0 bridgehead atoms. The molecule has 1 unspecified atom stereocenters. The number of hydrazine groups is 1. The number of nitriles is 1. The molecule has 1 fully saturated rings. The van der Waals surface area contributed by atoms with Crippen molar-refractivity contribution in [2.24, 2.45) is 0 Å². The molecule has 1 aromatic carbocycles. The first kappa shape index (κ1) is 34.0. The van der Waals surface area contributed by atoms with E-state index in [9.17, 15) is 20.0 Å². The van der Waals surface area contributed by atoms with E-state index >= 15 is 0 Å². The molecule has 7 nitrogen and oxygen atoms in total. The van der Waals surface area contributed by atoms with Crippen molar-refractivity contribution in [2.45, 2.75) is 64.3 Å². The number of rotatable bonds is 11. The Labute approximate surface area is 273 Å². The molecular formula is C33H39N3O4S3Si. The van der Waals surface area contributed by atoms with Crippen LogP contribution < -0.4 is 0 Å². The zero-order valence-electron chi connectivity index (χ0n) is 25.9. The van der Waals surface area contributed by atoms with E-state index in [0.717, 1.165) is 46.7 Å². The van der Waals surface area contributed by atoms with E-state index in [2.05, 4.69) is 68.9 Å². The first-order valence-corrected chi connectivity index (χ1v) is 20.2. The van der Waals surface area contributed by atoms with Gasteiger partial charge in [0.25, 0.3) is 5.24 Å². The molecule has 1 N–H and O–H groups in total. The van der Waals surface area contributed by atoms with Gasteiger partial charge in [0.05, 0.1) is 11.7 Å². The monoisotopic (exact) mass is 665 g/mol. The zero-order chi connectivity index (χ0) is 31.9. The summed E-state index contributed by atoms with van der Waals surface area (Å²) in [4.78, 5) is 26.2. The zero-order valence-corrected chi connectivity index (χ0v) is 29.3. The number of thiophene rings is 2. The van der Waals surface area contributed by atoms with Crippen LogP contribution in [0.2, 0.25) is 18.1 Å². The Balaban J connectivity index is 1.48. The molecule has 1 aliphatic rings. The van der Waals surface area contributed by atoms with E-state index in [-0.39, 0.29) is 16.4 Å². The largest absolute Gasteiger partial charge is 0.477 e. The molecule has 0 aliphatic carbocycles. The average molecular weight is 666 g/mol. The van der Waals surface area contributed by atoms with E-state index in [1.165, 1.54) is 34.4 Å². The Morgan fingerprint density at radius 3 is 2.66 bits per heavy atom. The summed E-state index contributed by atoms with van der Waals surface area (Å²) in [5.74, 6) is 6.19. The van der Waals surface area contributed by atoms with Crippen LogP contribution in [0, 0.1) is 23.2 Å². The summed E-state index contributed by atoms with van der Waals surface area (Å²) in [5.41, 5.74) is 2.79. The van der Waals surface area contributed by atoms with Gasteiger partial charge in [-0.3, -0.25) is 9.80 Å². The van der Waals surface area contributed by atoms with Crippen molar-refractivity contribution in [2.75, 3.05) is 25.4 Å². The Bertz CT molecular complexity index is 1570. The summed E-state index contributed by atoms with van der Waals surface area (Å²) in [6, 6.07) is 15.8. The van der Waals surface area contributed by atoms with Gasteiger partial charge >= 0.3 is 5.97 Å². The third kappa shape index (κ3) is 9.07. The van der Waals surface area contributed by atoms with Crippen LogP contribution in [0.25, 0.3) is 0 Å². The van der Waals surface area contributed by atoms with Crippen LogP contribution >= 0.6 is 34.4 Å². The molecule has 3 heterocycles. The van der Waals surface area contributed by atoms with Crippen LogP contribution in [-0.4, -0.2) is 66.1 Å². The summed E-state index contributed by atoms with van der Waals surface area (Å²) in [7, 11) is -2.09. The van der Waals surface area contributed by atoms with Gasteiger partial charge in [0.2, 0.25) is 0 Å². The number of aromatic carboxylic acids is 1. The van der Waals surface area contributed by atoms with Crippen LogP contribution in [0.15, 0.2) is 47.8 Å². The minimum Gasteiger partial charge on any atom is -0.477 e. The minimum atomic E-state index is -2.09. The van der Waals surface area contributed by atoms with E-state index < -0.39 is 14.3 Å². The van der Waals surface area contributed by atoms with Crippen LogP contribution in [0.1, 0.15) is 63.3 Å². The van der Waals surface area contributed by atoms with Crippen molar-refractivity contribution in [3.8, 4) is 17.9 Å². The summed E-state index contributed by atoms with van der Waals surface area (Å²) in [6.45, 7) is 13.2. The lowest BCUT2D eigenvalue weighted by atomic mass is 10.0. The van der Waals surface area contributed by atoms with Crippen LogP contribution in [0.3, 0.4) is 0 Å². The minimum absolute atomic E-state index is 0.0320. The van der Waals surface area contributed by atoms with Crippen LogP contribution in [-0.2, 0) is 17.3 Å². The summed E-state index contributed by atoms with van der Waals surface area (Å²) >= 11 is 3.99.